The molecule has 17 heavy (non-hydrogen) atoms. The Hall–Kier alpha value is -1.65. The summed E-state index contributed by atoms with van der Waals surface area (Å²) in [4.78, 5) is 14.6. The van der Waals surface area contributed by atoms with Crippen molar-refractivity contribution in [3.8, 4) is 0 Å². The topological polar surface area (TPSA) is 68.1 Å². The monoisotopic (exact) mass is 237 g/mol. The minimum Gasteiger partial charge on any atom is -0.362 e. The van der Waals surface area contributed by atoms with Gasteiger partial charge in [0.15, 0.2) is 0 Å². The smallest absolute Gasteiger partial charge is 0.311 e. The number of pyridine rings is 1. The summed E-state index contributed by atoms with van der Waals surface area (Å²) in [6, 6.07) is 3.31. The average Bonchev–Trinajstić information content (AvgIpc) is 2.15. The highest BCUT2D eigenvalue weighted by Gasteiger charge is 2.17. The molecule has 0 aliphatic rings. The number of rotatable bonds is 5. The highest BCUT2D eigenvalue weighted by Crippen LogP contribution is 2.23. The van der Waals surface area contributed by atoms with Gasteiger partial charge < -0.3 is 5.32 Å². The molecule has 0 saturated carbocycles. The van der Waals surface area contributed by atoms with Crippen molar-refractivity contribution in [2.45, 2.75) is 40.2 Å². The van der Waals surface area contributed by atoms with Gasteiger partial charge in [0.05, 0.1) is 4.92 Å². The third-order valence-corrected chi connectivity index (χ3v) is 2.42. The first-order valence-electron chi connectivity index (χ1n) is 5.78. The van der Waals surface area contributed by atoms with Crippen LogP contribution < -0.4 is 5.32 Å². The zero-order valence-corrected chi connectivity index (χ0v) is 10.7. The molecule has 94 valence electrons. The maximum Gasteiger partial charge on any atom is 0.311 e. The van der Waals surface area contributed by atoms with Crippen LogP contribution in [0.3, 0.4) is 0 Å². The van der Waals surface area contributed by atoms with Crippen molar-refractivity contribution < 1.29 is 4.92 Å². The summed E-state index contributed by atoms with van der Waals surface area (Å²) in [5, 5.41) is 14.0. The van der Waals surface area contributed by atoms with Gasteiger partial charge >= 0.3 is 5.69 Å². The van der Waals surface area contributed by atoms with Crippen LogP contribution in [0.4, 0.5) is 11.5 Å². The number of aromatic nitrogens is 1. The molecule has 0 aliphatic heterocycles. The van der Waals surface area contributed by atoms with Gasteiger partial charge in [0.1, 0.15) is 0 Å². The Balaban J connectivity index is 2.88. The number of nitrogens with one attached hydrogen (secondary N) is 1. The molecule has 1 unspecified atom stereocenters. The molecule has 1 aromatic rings. The van der Waals surface area contributed by atoms with Crippen LogP contribution in [0.25, 0.3) is 0 Å². The first-order valence-corrected chi connectivity index (χ1v) is 5.78. The molecule has 0 bridgehead atoms. The first-order chi connectivity index (χ1) is 7.90. The van der Waals surface area contributed by atoms with E-state index in [1.807, 2.05) is 13.8 Å². The van der Waals surface area contributed by atoms with E-state index in [1.165, 1.54) is 6.07 Å². The van der Waals surface area contributed by atoms with Crippen molar-refractivity contribution in [3.63, 3.8) is 0 Å². The molecule has 1 atom stereocenters. The molecule has 0 saturated heterocycles. The first kappa shape index (κ1) is 13.4. The number of hydrogen-bond acceptors (Lipinski definition) is 4. The van der Waals surface area contributed by atoms with Crippen molar-refractivity contribution in [3.05, 3.63) is 27.9 Å². The molecule has 0 spiro atoms. The molecule has 1 N–H and O–H groups in total. The molecule has 1 aromatic heterocycles. The maximum atomic E-state index is 10.9. The molecule has 0 aliphatic carbocycles. The number of hydrogen-bond donors (Lipinski definition) is 1. The predicted octanol–water partition coefficient (Wildman–Crippen LogP) is 3.14. The predicted molar refractivity (Wildman–Crippen MR) is 68.2 cm³/mol. The van der Waals surface area contributed by atoms with Gasteiger partial charge in [-0.3, -0.25) is 10.1 Å². The lowest BCUT2D eigenvalue weighted by Gasteiger charge is -2.16. The second-order valence-corrected chi connectivity index (χ2v) is 4.75. The Kier molecular flexibility index (Phi) is 4.43. The van der Waals surface area contributed by atoms with Gasteiger partial charge in [-0.1, -0.05) is 13.8 Å². The van der Waals surface area contributed by atoms with Gasteiger partial charge in [0.25, 0.3) is 0 Å². The van der Waals surface area contributed by atoms with Gasteiger partial charge in [-0.05, 0) is 32.3 Å². The van der Waals surface area contributed by atoms with Crippen LogP contribution >= 0.6 is 0 Å². The summed E-state index contributed by atoms with van der Waals surface area (Å²) >= 11 is 0. The van der Waals surface area contributed by atoms with E-state index in [1.54, 1.807) is 6.07 Å². The summed E-state index contributed by atoms with van der Waals surface area (Å²) < 4.78 is 0. The van der Waals surface area contributed by atoms with E-state index in [-0.39, 0.29) is 11.7 Å². The Morgan fingerprint density at radius 1 is 1.41 bits per heavy atom. The lowest BCUT2D eigenvalue weighted by atomic mass is 10.1. The molecule has 0 aromatic carbocycles. The molecule has 0 fully saturated rings. The summed E-state index contributed by atoms with van der Waals surface area (Å²) in [6.07, 6.45) is 0.951. The maximum absolute atomic E-state index is 10.9. The lowest BCUT2D eigenvalue weighted by molar-refractivity contribution is -0.384. The Morgan fingerprint density at radius 2 is 2.06 bits per heavy atom. The summed E-state index contributed by atoms with van der Waals surface area (Å²) in [5.74, 6) is 0.907. The van der Waals surface area contributed by atoms with Crippen molar-refractivity contribution >= 4 is 11.5 Å². The Bertz CT molecular complexity index is 405. The second-order valence-electron chi connectivity index (χ2n) is 4.75. The van der Waals surface area contributed by atoms with E-state index >= 15 is 0 Å². The highest BCUT2D eigenvalue weighted by molar-refractivity contribution is 5.56. The fourth-order valence-corrected chi connectivity index (χ4v) is 1.80. The van der Waals surface area contributed by atoms with Crippen LogP contribution in [-0.2, 0) is 0 Å². The summed E-state index contributed by atoms with van der Waals surface area (Å²) in [5.41, 5.74) is 0.807. The third-order valence-electron chi connectivity index (χ3n) is 2.42. The molecule has 0 amide bonds. The van der Waals surface area contributed by atoms with Crippen LogP contribution in [-0.4, -0.2) is 15.9 Å². The van der Waals surface area contributed by atoms with Gasteiger partial charge in [-0.2, -0.15) is 0 Å². The number of nitro groups is 1. The molecule has 1 heterocycles. The number of nitrogens with zero attached hydrogens (tertiary/aromatic N) is 2. The molecular formula is C12H19N3O2. The normalized spacial score (nSPS) is 12.5. The van der Waals surface area contributed by atoms with E-state index in [2.05, 4.69) is 24.1 Å². The third kappa shape index (κ3) is 4.01. The van der Waals surface area contributed by atoms with Crippen molar-refractivity contribution in [1.29, 1.82) is 0 Å². The van der Waals surface area contributed by atoms with E-state index in [4.69, 9.17) is 0 Å². The van der Waals surface area contributed by atoms with E-state index in [0.29, 0.717) is 11.7 Å². The molecule has 5 nitrogen and oxygen atoms in total. The van der Waals surface area contributed by atoms with Crippen LogP contribution in [0.1, 0.15) is 32.9 Å². The van der Waals surface area contributed by atoms with Crippen molar-refractivity contribution in [2.24, 2.45) is 5.92 Å². The quantitative estimate of drug-likeness (QED) is 0.631. The fraction of sp³-hybridized carbons (Fsp3) is 0.583. The largest absolute Gasteiger partial charge is 0.362 e. The minimum atomic E-state index is -0.406. The van der Waals surface area contributed by atoms with Gasteiger partial charge in [-0.15, -0.1) is 0 Å². The van der Waals surface area contributed by atoms with E-state index in [9.17, 15) is 10.1 Å². The van der Waals surface area contributed by atoms with Gasteiger partial charge in [-0.25, -0.2) is 4.98 Å². The lowest BCUT2D eigenvalue weighted by Crippen LogP contribution is -2.19. The molecule has 0 radical (unpaired) electrons. The van der Waals surface area contributed by atoms with E-state index in [0.717, 1.165) is 12.1 Å². The van der Waals surface area contributed by atoms with Gasteiger partial charge in [0.2, 0.25) is 5.82 Å². The fourth-order valence-electron chi connectivity index (χ4n) is 1.80. The molecule has 1 rings (SSSR count). The van der Waals surface area contributed by atoms with Gasteiger partial charge in [0, 0.05) is 17.8 Å². The highest BCUT2D eigenvalue weighted by atomic mass is 16.6. The number of anilines is 1. The Morgan fingerprint density at radius 3 is 2.59 bits per heavy atom. The SMILES string of the molecule is Cc1ccc([N+](=O)[O-])c(NC(C)CC(C)C)n1. The minimum absolute atomic E-state index is 0.0335. The summed E-state index contributed by atoms with van der Waals surface area (Å²) in [6.45, 7) is 8.07. The Labute approximate surface area is 101 Å². The summed E-state index contributed by atoms with van der Waals surface area (Å²) in [7, 11) is 0. The zero-order valence-electron chi connectivity index (χ0n) is 10.7. The molecular weight excluding hydrogens is 218 g/mol. The van der Waals surface area contributed by atoms with Crippen LogP contribution in [0.5, 0.6) is 0 Å². The van der Waals surface area contributed by atoms with Crippen LogP contribution in [0.15, 0.2) is 12.1 Å². The standard InChI is InChI=1S/C12H19N3O2/c1-8(2)7-10(4)14-12-11(15(16)17)6-5-9(3)13-12/h5-6,8,10H,7H2,1-4H3,(H,13,14). The average molecular weight is 237 g/mol. The van der Waals surface area contributed by atoms with Crippen LogP contribution in [0, 0.1) is 23.0 Å². The molecule has 5 heteroatoms. The zero-order chi connectivity index (χ0) is 13.0. The van der Waals surface area contributed by atoms with Crippen LogP contribution in [0.2, 0.25) is 0 Å². The van der Waals surface area contributed by atoms with E-state index < -0.39 is 4.92 Å². The van der Waals surface area contributed by atoms with Crippen molar-refractivity contribution in [2.75, 3.05) is 5.32 Å². The second kappa shape index (κ2) is 5.61. The van der Waals surface area contributed by atoms with Crippen molar-refractivity contribution in [1.82, 2.24) is 4.98 Å². The number of aryl methyl sites for hydroxylation is 1.